The molecule has 0 aromatic carbocycles. The highest BCUT2D eigenvalue weighted by molar-refractivity contribution is 5.75. The maximum absolute atomic E-state index is 12.3. The fraction of sp³-hybridized carbons (Fsp3) is 0.938. The molecule has 1 saturated heterocycles. The molecule has 0 aromatic heterocycles. The lowest BCUT2D eigenvalue weighted by atomic mass is 10.0. The molecule has 20 heavy (non-hydrogen) atoms. The quantitative estimate of drug-likeness (QED) is 0.694. The molecule has 4 heteroatoms. The number of carbonyl (C=O) groups is 1. The number of rotatable bonds is 8. The van der Waals surface area contributed by atoms with Crippen LogP contribution in [0.5, 0.6) is 0 Å². The molecule has 2 unspecified atom stereocenters. The Labute approximate surface area is 123 Å². The highest BCUT2D eigenvalue weighted by atomic mass is 16.5. The highest BCUT2D eigenvalue weighted by Crippen LogP contribution is 2.31. The Hall–Kier alpha value is -0.610. The predicted molar refractivity (Wildman–Crippen MR) is 80.7 cm³/mol. The zero-order valence-corrected chi connectivity index (χ0v) is 13.1. The lowest BCUT2D eigenvalue weighted by Crippen LogP contribution is -2.51. The molecular weight excluding hydrogens is 252 g/mol. The van der Waals surface area contributed by atoms with Crippen LogP contribution in [-0.4, -0.2) is 48.7 Å². The molecule has 4 nitrogen and oxygen atoms in total. The SMILES string of the molecule is CCCC(C(=O)OCC)N(CC1CCCCN1)C1CC1. The molecule has 1 saturated carbocycles. The number of hydrogen-bond acceptors (Lipinski definition) is 4. The molecule has 2 rings (SSSR count). The summed E-state index contributed by atoms with van der Waals surface area (Å²) in [4.78, 5) is 14.7. The third kappa shape index (κ3) is 4.45. The largest absolute Gasteiger partial charge is 0.465 e. The van der Waals surface area contributed by atoms with Crippen LogP contribution >= 0.6 is 0 Å². The molecule has 0 spiro atoms. The summed E-state index contributed by atoms with van der Waals surface area (Å²) in [6, 6.07) is 1.13. The summed E-state index contributed by atoms with van der Waals surface area (Å²) in [5, 5.41) is 3.61. The van der Waals surface area contributed by atoms with E-state index in [9.17, 15) is 4.79 Å². The van der Waals surface area contributed by atoms with Gasteiger partial charge < -0.3 is 10.1 Å². The second kappa shape index (κ2) is 7.99. The molecule has 2 aliphatic rings. The molecule has 0 amide bonds. The van der Waals surface area contributed by atoms with Crippen molar-refractivity contribution in [2.24, 2.45) is 0 Å². The Morgan fingerprint density at radius 2 is 2.10 bits per heavy atom. The smallest absolute Gasteiger partial charge is 0.323 e. The number of nitrogens with zero attached hydrogens (tertiary/aromatic N) is 1. The van der Waals surface area contributed by atoms with Gasteiger partial charge in [-0.1, -0.05) is 19.8 Å². The molecule has 0 bridgehead atoms. The van der Waals surface area contributed by atoms with E-state index in [1.54, 1.807) is 0 Å². The fourth-order valence-electron chi connectivity index (χ4n) is 3.20. The summed E-state index contributed by atoms with van der Waals surface area (Å²) in [6.07, 6.45) is 8.28. The van der Waals surface area contributed by atoms with Crippen LogP contribution in [0.2, 0.25) is 0 Å². The summed E-state index contributed by atoms with van der Waals surface area (Å²) >= 11 is 0. The van der Waals surface area contributed by atoms with Gasteiger partial charge in [-0.2, -0.15) is 0 Å². The van der Waals surface area contributed by atoms with E-state index in [0.717, 1.165) is 25.9 Å². The lowest BCUT2D eigenvalue weighted by molar-refractivity contribution is -0.150. The van der Waals surface area contributed by atoms with Gasteiger partial charge in [0, 0.05) is 18.6 Å². The normalized spacial score (nSPS) is 24.6. The number of hydrogen-bond donors (Lipinski definition) is 1. The molecule has 1 aliphatic heterocycles. The monoisotopic (exact) mass is 282 g/mol. The predicted octanol–water partition coefficient (Wildman–Crippen LogP) is 2.32. The van der Waals surface area contributed by atoms with Gasteiger partial charge >= 0.3 is 5.97 Å². The molecule has 1 aliphatic carbocycles. The molecule has 1 heterocycles. The maximum Gasteiger partial charge on any atom is 0.323 e. The van der Waals surface area contributed by atoms with Gasteiger partial charge in [-0.3, -0.25) is 9.69 Å². The van der Waals surface area contributed by atoms with Crippen LogP contribution in [0.15, 0.2) is 0 Å². The van der Waals surface area contributed by atoms with Crippen LogP contribution in [0.1, 0.15) is 58.8 Å². The van der Waals surface area contributed by atoms with E-state index in [4.69, 9.17) is 4.74 Å². The van der Waals surface area contributed by atoms with Crippen LogP contribution < -0.4 is 5.32 Å². The van der Waals surface area contributed by atoms with Crippen molar-refractivity contribution in [3.05, 3.63) is 0 Å². The second-order valence-corrected chi connectivity index (χ2v) is 6.13. The van der Waals surface area contributed by atoms with Gasteiger partial charge in [-0.15, -0.1) is 0 Å². The summed E-state index contributed by atoms with van der Waals surface area (Å²) < 4.78 is 5.30. The van der Waals surface area contributed by atoms with Crippen molar-refractivity contribution >= 4 is 5.97 Å². The molecule has 0 aromatic rings. The first kappa shape index (κ1) is 15.8. The average Bonchev–Trinajstić information content (AvgIpc) is 3.28. The Balaban J connectivity index is 1.97. The van der Waals surface area contributed by atoms with E-state index < -0.39 is 0 Å². The first-order valence-electron chi connectivity index (χ1n) is 8.42. The van der Waals surface area contributed by atoms with E-state index in [1.807, 2.05) is 6.92 Å². The number of nitrogens with one attached hydrogen (secondary N) is 1. The van der Waals surface area contributed by atoms with Gasteiger partial charge in [0.1, 0.15) is 6.04 Å². The Morgan fingerprint density at radius 1 is 1.30 bits per heavy atom. The zero-order chi connectivity index (χ0) is 14.4. The lowest BCUT2D eigenvalue weighted by Gasteiger charge is -2.35. The van der Waals surface area contributed by atoms with E-state index in [1.165, 1.54) is 32.1 Å². The van der Waals surface area contributed by atoms with Crippen molar-refractivity contribution in [3.63, 3.8) is 0 Å². The number of piperidine rings is 1. The van der Waals surface area contributed by atoms with Crippen molar-refractivity contribution in [1.29, 1.82) is 0 Å². The molecular formula is C16H30N2O2. The number of esters is 1. The zero-order valence-electron chi connectivity index (χ0n) is 13.1. The van der Waals surface area contributed by atoms with Gasteiger partial charge in [0.15, 0.2) is 0 Å². The highest BCUT2D eigenvalue weighted by Gasteiger charge is 2.38. The van der Waals surface area contributed by atoms with Crippen LogP contribution in [0, 0.1) is 0 Å². The van der Waals surface area contributed by atoms with Crippen molar-refractivity contribution < 1.29 is 9.53 Å². The molecule has 0 radical (unpaired) electrons. The van der Waals surface area contributed by atoms with Crippen LogP contribution in [-0.2, 0) is 9.53 Å². The van der Waals surface area contributed by atoms with Crippen molar-refractivity contribution in [2.75, 3.05) is 19.7 Å². The standard InChI is InChI=1S/C16H30N2O2/c1-3-7-15(16(19)20-4-2)18(14-9-10-14)12-13-8-5-6-11-17-13/h13-15,17H,3-12H2,1-2H3. The summed E-state index contributed by atoms with van der Waals surface area (Å²) in [5.41, 5.74) is 0. The second-order valence-electron chi connectivity index (χ2n) is 6.13. The summed E-state index contributed by atoms with van der Waals surface area (Å²) in [5.74, 6) is -0.0166. The van der Waals surface area contributed by atoms with Crippen LogP contribution in [0.4, 0.5) is 0 Å². The molecule has 1 N–H and O–H groups in total. The third-order valence-electron chi connectivity index (χ3n) is 4.38. The first-order chi connectivity index (χ1) is 9.76. The maximum atomic E-state index is 12.3. The van der Waals surface area contributed by atoms with Gasteiger partial charge in [-0.05, 0) is 45.6 Å². The van der Waals surface area contributed by atoms with E-state index in [-0.39, 0.29) is 12.0 Å². The topological polar surface area (TPSA) is 41.6 Å². The van der Waals surface area contributed by atoms with Gasteiger partial charge in [-0.25, -0.2) is 0 Å². The Morgan fingerprint density at radius 3 is 2.65 bits per heavy atom. The van der Waals surface area contributed by atoms with Crippen molar-refractivity contribution in [1.82, 2.24) is 10.2 Å². The van der Waals surface area contributed by atoms with Crippen molar-refractivity contribution in [2.45, 2.75) is 76.9 Å². The van der Waals surface area contributed by atoms with E-state index in [2.05, 4.69) is 17.1 Å². The van der Waals surface area contributed by atoms with Crippen LogP contribution in [0.3, 0.4) is 0 Å². The molecule has 2 atom stereocenters. The first-order valence-corrected chi connectivity index (χ1v) is 8.42. The molecule has 2 fully saturated rings. The number of ether oxygens (including phenoxy) is 1. The fourth-order valence-corrected chi connectivity index (χ4v) is 3.20. The van der Waals surface area contributed by atoms with Crippen molar-refractivity contribution in [3.8, 4) is 0 Å². The van der Waals surface area contributed by atoms with E-state index in [0.29, 0.717) is 18.7 Å². The van der Waals surface area contributed by atoms with Crippen LogP contribution in [0.25, 0.3) is 0 Å². The minimum absolute atomic E-state index is 0.0166. The third-order valence-corrected chi connectivity index (χ3v) is 4.38. The Bertz CT molecular complexity index is 299. The average molecular weight is 282 g/mol. The van der Waals surface area contributed by atoms with Gasteiger partial charge in [0.2, 0.25) is 0 Å². The Kier molecular flexibility index (Phi) is 6.30. The summed E-state index contributed by atoms with van der Waals surface area (Å²) in [6.45, 7) is 6.66. The van der Waals surface area contributed by atoms with E-state index >= 15 is 0 Å². The summed E-state index contributed by atoms with van der Waals surface area (Å²) in [7, 11) is 0. The van der Waals surface area contributed by atoms with Gasteiger partial charge in [0.25, 0.3) is 0 Å². The minimum atomic E-state index is -0.0313. The number of carbonyl (C=O) groups excluding carboxylic acids is 1. The van der Waals surface area contributed by atoms with Gasteiger partial charge in [0.05, 0.1) is 6.61 Å². The molecule has 116 valence electrons. The minimum Gasteiger partial charge on any atom is -0.465 e.